The molecular weight excluding hydrogens is 164 g/mol. The summed E-state index contributed by atoms with van der Waals surface area (Å²) < 4.78 is 0. The third-order valence-electron chi connectivity index (χ3n) is 0.936. The van der Waals surface area contributed by atoms with Crippen molar-refractivity contribution in [3.8, 4) is 0 Å². The largest absolute Gasteiger partial charge is 0.479 e. The van der Waals surface area contributed by atoms with Crippen molar-refractivity contribution in [2.45, 2.75) is 32.5 Å². The van der Waals surface area contributed by atoms with Crippen LogP contribution in [0.4, 0.5) is 0 Å². The van der Waals surface area contributed by atoms with Gasteiger partial charge in [-0.25, -0.2) is 4.79 Å². The van der Waals surface area contributed by atoms with Crippen LogP contribution in [0.1, 0.15) is 20.3 Å². The molecule has 0 bridgehead atoms. The number of carboxylic acid groups (broad SMARTS) is 1. The maximum absolute atomic E-state index is 9.68. The van der Waals surface area contributed by atoms with Crippen molar-refractivity contribution < 1.29 is 25.2 Å². The highest BCUT2D eigenvalue weighted by Crippen LogP contribution is 1.86. The van der Waals surface area contributed by atoms with E-state index in [4.69, 9.17) is 20.4 Å². The first-order chi connectivity index (χ1) is 5.45. The molecule has 0 saturated carbocycles. The van der Waals surface area contributed by atoms with Crippen LogP contribution >= 0.6 is 0 Å². The van der Waals surface area contributed by atoms with E-state index in [1.165, 1.54) is 6.92 Å². The third kappa shape index (κ3) is 12.1. The summed E-state index contributed by atoms with van der Waals surface area (Å²) in [6.45, 7) is 3.00. The molecule has 0 aromatic carbocycles. The Morgan fingerprint density at radius 3 is 1.75 bits per heavy atom. The van der Waals surface area contributed by atoms with Gasteiger partial charge in [0.2, 0.25) is 0 Å². The van der Waals surface area contributed by atoms with E-state index in [9.17, 15) is 4.79 Å². The molecule has 0 amide bonds. The van der Waals surface area contributed by atoms with Crippen LogP contribution in [0.2, 0.25) is 0 Å². The minimum Gasteiger partial charge on any atom is -0.479 e. The standard InChI is InChI=1S/C4H8O3.C3H8O2/c1-2-3(5)4(6)7;1-3(5)2-4/h3,5H,2H2,1H3,(H,6,7);3-5H,2H2,1H3. The summed E-state index contributed by atoms with van der Waals surface area (Å²) in [5, 5.41) is 32.3. The third-order valence-corrected chi connectivity index (χ3v) is 0.936. The van der Waals surface area contributed by atoms with Gasteiger partial charge in [-0.2, -0.15) is 0 Å². The molecule has 0 aliphatic rings. The topological polar surface area (TPSA) is 98.0 Å². The van der Waals surface area contributed by atoms with Crippen molar-refractivity contribution in [2.24, 2.45) is 0 Å². The van der Waals surface area contributed by atoms with Crippen LogP contribution < -0.4 is 0 Å². The van der Waals surface area contributed by atoms with Crippen molar-refractivity contribution in [3.05, 3.63) is 0 Å². The number of carboxylic acids is 1. The molecule has 2 atom stereocenters. The molecule has 2 unspecified atom stereocenters. The predicted octanol–water partition coefficient (Wildman–Crippen LogP) is -0.799. The first-order valence-electron chi connectivity index (χ1n) is 3.65. The van der Waals surface area contributed by atoms with Gasteiger partial charge >= 0.3 is 5.97 Å². The molecule has 0 fully saturated rings. The van der Waals surface area contributed by atoms with Gasteiger partial charge in [0.1, 0.15) is 0 Å². The molecule has 12 heavy (non-hydrogen) atoms. The second-order valence-corrected chi connectivity index (χ2v) is 2.29. The molecule has 0 radical (unpaired) electrons. The zero-order chi connectivity index (χ0) is 10.1. The Morgan fingerprint density at radius 1 is 1.42 bits per heavy atom. The summed E-state index contributed by atoms with van der Waals surface area (Å²) in [5.74, 6) is -1.15. The van der Waals surface area contributed by atoms with Gasteiger partial charge in [0.15, 0.2) is 6.10 Å². The van der Waals surface area contributed by atoms with Crippen molar-refractivity contribution in [1.82, 2.24) is 0 Å². The first-order valence-corrected chi connectivity index (χ1v) is 3.65. The van der Waals surface area contributed by atoms with Gasteiger partial charge in [0, 0.05) is 0 Å². The Balaban J connectivity index is 0. The lowest BCUT2D eigenvalue weighted by atomic mass is 10.3. The normalized spacial score (nSPS) is 14.1. The van der Waals surface area contributed by atoms with Gasteiger partial charge in [-0.05, 0) is 13.3 Å². The van der Waals surface area contributed by atoms with Crippen LogP contribution in [0.25, 0.3) is 0 Å². The summed E-state index contributed by atoms with van der Waals surface area (Å²) in [7, 11) is 0. The Morgan fingerprint density at radius 2 is 1.75 bits per heavy atom. The summed E-state index contributed by atoms with van der Waals surface area (Å²) >= 11 is 0. The van der Waals surface area contributed by atoms with Gasteiger partial charge in [-0.15, -0.1) is 0 Å². The van der Waals surface area contributed by atoms with Crippen LogP contribution in [0.5, 0.6) is 0 Å². The maximum atomic E-state index is 9.68. The fraction of sp³-hybridized carbons (Fsp3) is 0.857. The van der Waals surface area contributed by atoms with Gasteiger partial charge in [0.05, 0.1) is 12.7 Å². The number of aliphatic carboxylic acids is 1. The van der Waals surface area contributed by atoms with Crippen LogP contribution in [0.15, 0.2) is 0 Å². The lowest BCUT2D eigenvalue weighted by Crippen LogP contribution is -2.17. The van der Waals surface area contributed by atoms with E-state index in [1.54, 1.807) is 6.92 Å². The van der Waals surface area contributed by atoms with Crippen molar-refractivity contribution in [3.63, 3.8) is 0 Å². The Bertz CT molecular complexity index is 112. The Hall–Kier alpha value is -0.650. The lowest BCUT2D eigenvalue weighted by Gasteiger charge is -1.95. The summed E-state index contributed by atoms with van der Waals surface area (Å²) in [4.78, 5) is 9.68. The molecule has 5 heteroatoms. The number of aliphatic hydroxyl groups is 3. The maximum Gasteiger partial charge on any atom is 0.332 e. The summed E-state index contributed by atoms with van der Waals surface area (Å²) in [6.07, 6.45) is -1.47. The second-order valence-electron chi connectivity index (χ2n) is 2.29. The molecule has 0 aliphatic heterocycles. The average Bonchev–Trinajstić information content (AvgIpc) is 2.04. The Labute approximate surface area is 71.3 Å². The zero-order valence-corrected chi connectivity index (χ0v) is 7.27. The van der Waals surface area contributed by atoms with E-state index in [0.717, 1.165) is 0 Å². The predicted molar refractivity (Wildman–Crippen MR) is 42.7 cm³/mol. The van der Waals surface area contributed by atoms with Crippen molar-refractivity contribution in [1.29, 1.82) is 0 Å². The molecule has 0 heterocycles. The summed E-state index contributed by atoms with van der Waals surface area (Å²) in [6, 6.07) is 0. The fourth-order valence-corrected chi connectivity index (χ4v) is 0.175. The lowest BCUT2D eigenvalue weighted by molar-refractivity contribution is -0.146. The SMILES string of the molecule is CC(O)CO.CCC(O)C(=O)O. The van der Waals surface area contributed by atoms with Crippen LogP contribution in [0, 0.1) is 0 Å². The first kappa shape index (κ1) is 13.9. The quantitative estimate of drug-likeness (QED) is 0.456. The van der Waals surface area contributed by atoms with Crippen molar-refractivity contribution >= 4 is 5.97 Å². The minimum absolute atomic E-state index is 0.139. The van der Waals surface area contributed by atoms with Gasteiger partial charge in [-0.1, -0.05) is 6.92 Å². The average molecular weight is 180 g/mol. The fourth-order valence-electron chi connectivity index (χ4n) is 0.175. The zero-order valence-electron chi connectivity index (χ0n) is 7.27. The smallest absolute Gasteiger partial charge is 0.332 e. The van der Waals surface area contributed by atoms with E-state index in [-0.39, 0.29) is 13.0 Å². The molecule has 0 aromatic rings. The number of hydrogen-bond acceptors (Lipinski definition) is 4. The monoisotopic (exact) mass is 180 g/mol. The van der Waals surface area contributed by atoms with Gasteiger partial charge in [0.25, 0.3) is 0 Å². The van der Waals surface area contributed by atoms with E-state index in [0.29, 0.717) is 0 Å². The van der Waals surface area contributed by atoms with Crippen LogP contribution in [-0.2, 0) is 4.79 Å². The molecule has 4 N–H and O–H groups in total. The minimum atomic E-state index is -1.18. The van der Waals surface area contributed by atoms with E-state index >= 15 is 0 Å². The van der Waals surface area contributed by atoms with E-state index < -0.39 is 18.2 Å². The number of hydrogen-bond donors (Lipinski definition) is 4. The molecule has 0 rings (SSSR count). The number of carbonyl (C=O) groups is 1. The number of rotatable bonds is 3. The summed E-state index contributed by atoms with van der Waals surface area (Å²) in [5.41, 5.74) is 0. The van der Waals surface area contributed by atoms with E-state index in [1.807, 2.05) is 0 Å². The molecule has 74 valence electrons. The molecular formula is C7H16O5. The molecule has 0 aliphatic carbocycles. The highest BCUT2D eigenvalue weighted by Gasteiger charge is 2.07. The molecule has 0 aromatic heterocycles. The Kier molecular flexibility index (Phi) is 9.79. The van der Waals surface area contributed by atoms with Gasteiger partial charge < -0.3 is 20.4 Å². The van der Waals surface area contributed by atoms with Crippen LogP contribution in [0.3, 0.4) is 0 Å². The highest BCUT2D eigenvalue weighted by molar-refractivity contribution is 5.71. The molecule has 5 nitrogen and oxygen atoms in total. The van der Waals surface area contributed by atoms with Gasteiger partial charge in [-0.3, -0.25) is 0 Å². The van der Waals surface area contributed by atoms with Crippen molar-refractivity contribution in [2.75, 3.05) is 6.61 Å². The molecule has 0 saturated heterocycles. The molecule has 0 spiro atoms. The van der Waals surface area contributed by atoms with Crippen LogP contribution in [-0.4, -0.2) is 45.2 Å². The second kappa shape index (κ2) is 8.45. The number of aliphatic hydroxyl groups excluding tert-OH is 3. The highest BCUT2D eigenvalue weighted by atomic mass is 16.4. The van der Waals surface area contributed by atoms with E-state index in [2.05, 4.69) is 0 Å².